The highest BCUT2D eigenvalue weighted by molar-refractivity contribution is 7.89. The summed E-state index contributed by atoms with van der Waals surface area (Å²) in [5, 5.41) is 8.81. The molecule has 7 heteroatoms. The van der Waals surface area contributed by atoms with Gasteiger partial charge in [-0.15, -0.1) is 0 Å². The van der Waals surface area contributed by atoms with E-state index in [2.05, 4.69) is 4.72 Å². The number of carbonyl (C=O) groups is 1. The fraction of sp³-hybridized carbons (Fsp3) is 0.900. The van der Waals surface area contributed by atoms with Gasteiger partial charge >= 0.3 is 5.97 Å². The highest BCUT2D eigenvalue weighted by Crippen LogP contribution is 2.26. The number of ether oxygens (including phenoxy) is 1. The molecule has 0 radical (unpaired) electrons. The second-order valence-corrected chi connectivity index (χ2v) is 6.05. The molecule has 1 aliphatic carbocycles. The van der Waals surface area contributed by atoms with Crippen molar-refractivity contribution in [2.45, 2.75) is 32.2 Å². The molecule has 0 bridgehead atoms. The monoisotopic (exact) mass is 265 g/mol. The fourth-order valence-corrected chi connectivity index (χ4v) is 3.12. The minimum absolute atomic E-state index is 0.0743. The maximum absolute atomic E-state index is 11.6. The molecule has 0 heterocycles. The quantitative estimate of drug-likeness (QED) is 0.641. The number of hydrogen-bond donors (Lipinski definition) is 2. The maximum Gasteiger partial charge on any atom is 0.306 e. The van der Waals surface area contributed by atoms with Crippen LogP contribution in [0.1, 0.15) is 26.2 Å². The summed E-state index contributed by atoms with van der Waals surface area (Å²) in [6.45, 7) is 2.45. The summed E-state index contributed by atoms with van der Waals surface area (Å²) in [6, 6.07) is -0.247. The molecule has 0 amide bonds. The first-order chi connectivity index (χ1) is 7.94. The lowest BCUT2D eigenvalue weighted by molar-refractivity contribution is -0.141. The van der Waals surface area contributed by atoms with Gasteiger partial charge in [-0.2, -0.15) is 0 Å². The highest BCUT2D eigenvalue weighted by Gasteiger charge is 2.31. The summed E-state index contributed by atoms with van der Waals surface area (Å²) in [4.78, 5) is 10.7. The lowest BCUT2D eigenvalue weighted by atomic mass is 10.1. The summed E-state index contributed by atoms with van der Waals surface area (Å²) < 4.78 is 30.7. The predicted molar refractivity (Wildman–Crippen MR) is 62.2 cm³/mol. The van der Waals surface area contributed by atoms with Crippen molar-refractivity contribution in [1.29, 1.82) is 0 Å². The van der Waals surface area contributed by atoms with Crippen LogP contribution in [-0.4, -0.2) is 44.5 Å². The van der Waals surface area contributed by atoms with E-state index >= 15 is 0 Å². The van der Waals surface area contributed by atoms with E-state index in [1.807, 2.05) is 0 Å². The first-order valence-corrected chi connectivity index (χ1v) is 7.40. The Morgan fingerprint density at radius 1 is 1.47 bits per heavy atom. The SMILES string of the molecule is CCOCCS(=O)(=O)N[C@H]1CC[C@@H](C(=O)O)C1. The standard InChI is InChI=1S/C10H19NO5S/c1-2-16-5-6-17(14,15)11-9-4-3-8(7-9)10(12)13/h8-9,11H,2-7H2,1H3,(H,12,13)/t8-,9+/m1/s1. The van der Waals surface area contributed by atoms with E-state index in [9.17, 15) is 13.2 Å². The Morgan fingerprint density at radius 2 is 2.18 bits per heavy atom. The first-order valence-electron chi connectivity index (χ1n) is 5.75. The minimum atomic E-state index is -3.35. The molecule has 6 nitrogen and oxygen atoms in total. The molecule has 17 heavy (non-hydrogen) atoms. The Hall–Kier alpha value is -0.660. The van der Waals surface area contributed by atoms with Crippen molar-refractivity contribution >= 4 is 16.0 Å². The van der Waals surface area contributed by atoms with Gasteiger partial charge in [0.2, 0.25) is 10.0 Å². The van der Waals surface area contributed by atoms with E-state index in [-0.39, 0.29) is 18.4 Å². The molecule has 2 N–H and O–H groups in total. The van der Waals surface area contributed by atoms with Crippen LogP contribution in [0.2, 0.25) is 0 Å². The molecule has 0 aromatic heterocycles. The average molecular weight is 265 g/mol. The second kappa shape index (κ2) is 6.32. The average Bonchev–Trinajstić information content (AvgIpc) is 2.65. The molecule has 0 saturated heterocycles. The Morgan fingerprint density at radius 3 is 2.71 bits per heavy atom. The Kier molecular flexibility index (Phi) is 5.35. The number of aliphatic carboxylic acids is 1. The van der Waals surface area contributed by atoms with Gasteiger partial charge in [-0.1, -0.05) is 0 Å². The molecule has 1 saturated carbocycles. The molecule has 1 aliphatic rings. The summed E-state index contributed by atoms with van der Waals surface area (Å²) in [7, 11) is -3.35. The fourth-order valence-electron chi connectivity index (χ4n) is 1.94. The van der Waals surface area contributed by atoms with Crippen LogP contribution in [0.25, 0.3) is 0 Å². The zero-order chi connectivity index (χ0) is 12.9. The van der Waals surface area contributed by atoms with E-state index in [1.165, 1.54) is 0 Å². The van der Waals surface area contributed by atoms with E-state index in [1.54, 1.807) is 6.92 Å². The number of carboxylic acids is 1. The van der Waals surface area contributed by atoms with Gasteiger partial charge in [0.15, 0.2) is 0 Å². The van der Waals surface area contributed by atoms with Gasteiger partial charge in [0.1, 0.15) is 0 Å². The number of hydrogen-bond acceptors (Lipinski definition) is 4. The minimum Gasteiger partial charge on any atom is -0.481 e. The molecule has 2 atom stereocenters. The number of rotatable bonds is 7. The molecule has 1 fully saturated rings. The van der Waals surface area contributed by atoms with Crippen LogP contribution in [0.4, 0.5) is 0 Å². The predicted octanol–water partition coefficient (Wildman–Crippen LogP) is 0.196. The van der Waals surface area contributed by atoms with E-state index in [0.29, 0.717) is 25.9 Å². The van der Waals surface area contributed by atoms with Crippen LogP contribution in [0.5, 0.6) is 0 Å². The largest absolute Gasteiger partial charge is 0.481 e. The van der Waals surface area contributed by atoms with Crippen molar-refractivity contribution in [2.75, 3.05) is 19.0 Å². The van der Waals surface area contributed by atoms with Crippen molar-refractivity contribution in [3.63, 3.8) is 0 Å². The lowest BCUT2D eigenvalue weighted by Gasteiger charge is -2.12. The van der Waals surface area contributed by atoms with E-state index < -0.39 is 21.9 Å². The normalized spacial score (nSPS) is 25.0. The van der Waals surface area contributed by atoms with E-state index in [0.717, 1.165) is 0 Å². The van der Waals surface area contributed by atoms with Crippen molar-refractivity contribution < 1.29 is 23.1 Å². The number of nitrogens with one attached hydrogen (secondary N) is 1. The molecule has 0 aromatic rings. The van der Waals surface area contributed by atoms with E-state index in [4.69, 9.17) is 9.84 Å². The summed E-state index contributed by atoms with van der Waals surface area (Å²) in [5.74, 6) is -1.34. The molecular formula is C10H19NO5S. The van der Waals surface area contributed by atoms with Gasteiger partial charge in [-0.3, -0.25) is 4.79 Å². The molecule has 0 spiro atoms. The van der Waals surface area contributed by atoms with Gasteiger partial charge in [0.25, 0.3) is 0 Å². The van der Waals surface area contributed by atoms with Crippen LogP contribution in [0.15, 0.2) is 0 Å². The zero-order valence-corrected chi connectivity index (χ0v) is 10.7. The van der Waals surface area contributed by atoms with Gasteiger partial charge in [0.05, 0.1) is 18.3 Å². The molecule has 0 aliphatic heterocycles. The van der Waals surface area contributed by atoms with Crippen LogP contribution in [0.3, 0.4) is 0 Å². The van der Waals surface area contributed by atoms with Crippen molar-refractivity contribution in [2.24, 2.45) is 5.92 Å². The van der Waals surface area contributed by atoms with Gasteiger partial charge in [-0.25, -0.2) is 13.1 Å². The molecule has 0 aromatic carbocycles. The van der Waals surface area contributed by atoms with Gasteiger partial charge in [-0.05, 0) is 26.2 Å². The molecule has 0 unspecified atom stereocenters. The second-order valence-electron chi connectivity index (χ2n) is 4.18. The Balaban J connectivity index is 2.36. The summed E-state index contributed by atoms with van der Waals surface area (Å²) in [5.41, 5.74) is 0. The zero-order valence-electron chi connectivity index (χ0n) is 9.89. The van der Waals surface area contributed by atoms with Crippen LogP contribution in [-0.2, 0) is 19.6 Å². The lowest BCUT2D eigenvalue weighted by Crippen LogP contribution is -2.36. The maximum atomic E-state index is 11.6. The Labute approximate surface area is 101 Å². The smallest absolute Gasteiger partial charge is 0.306 e. The Bertz CT molecular complexity index is 354. The first kappa shape index (κ1) is 14.4. The molecule has 100 valence electrons. The van der Waals surface area contributed by atoms with Gasteiger partial charge < -0.3 is 9.84 Å². The van der Waals surface area contributed by atoms with Crippen molar-refractivity contribution in [3.8, 4) is 0 Å². The van der Waals surface area contributed by atoms with Crippen LogP contribution >= 0.6 is 0 Å². The highest BCUT2D eigenvalue weighted by atomic mass is 32.2. The summed E-state index contributed by atoms with van der Waals surface area (Å²) in [6.07, 6.45) is 1.50. The topological polar surface area (TPSA) is 92.7 Å². The van der Waals surface area contributed by atoms with Crippen molar-refractivity contribution in [1.82, 2.24) is 4.72 Å². The molecular weight excluding hydrogens is 246 g/mol. The van der Waals surface area contributed by atoms with Gasteiger partial charge in [0, 0.05) is 12.6 Å². The molecule has 1 rings (SSSR count). The third-order valence-electron chi connectivity index (χ3n) is 2.83. The number of carboxylic acid groups (broad SMARTS) is 1. The van der Waals surface area contributed by atoms with Crippen molar-refractivity contribution in [3.05, 3.63) is 0 Å². The van der Waals surface area contributed by atoms with Crippen LogP contribution < -0.4 is 4.72 Å². The number of sulfonamides is 1. The summed E-state index contributed by atoms with van der Waals surface area (Å²) >= 11 is 0. The third-order valence-corrected chi connectivity index (χ3v) is 4.23. The van der Waals surface area contributed by atoms with Crippen LogP contribution in [0, 0.1) is 5.92 Å². The third kappa shape index (κ3) is 5.01.